The van der Waals surface area contributed by atoms with E-state index in [0.717, 1.165) is 17.6 Å². The normalized spacial score (nSPS) is 21.8. The molecule has 0 aromatic heterocycles. The van der Waals surface area contributed by atoms with E-state index in [1.165, 1.54) is 24.3 Å². The predicted octanol–water partition coefficient (Wildman–Crippen LogP) is 7.58. The van der Waals surface area contributed by atoms with E-state index in [4.69, 9.17) is 9.47 Å². The van der Waals surface area contributed by atoms with Gasteiger partial charge in [-0.25, -0.2) is 8.78 Å². The van der Waals surface area contributed by atoms with Crippen molar-refractivity contribution in [2.45, 2.75) is 38.1 Å². The van der Waals surface area contributed by atoms with Crippen molar-refractivity contribution < 1.29 is 45.3 Å². The summed E-state index contributed by atoms with van der Waals surface area (Å²) in [4.78, 5) is 0. The van der Waals surface area contributed by atoms with Gasteiger partial charge in [-0.3, -0.25) is 0 Å². The number of benzene rings is 2. The highest BCUT2D eigenvalue weighted by Crippen LogP contribution is 2.36. The Hall–Kier alpha value is -3.24. The first-order valence-corrected chi connectivity index (χ1v) is 11.6. The van der Waals surface area contributed by atoms with Crippen molar-refractivity contribution in [3.05, 3.63) is 95.3 Å². The molecule has 0 amide bonds. The van der Waals surface area contributed by atoms with Crippen LogP contribution in [0.15, 0.2) is 72.5 Å². The molecule has 0 spiro atoms. The number of hydrogen-bond donors (Lipinski definition) is 0. The lowest BCUT2D eigenvalue weighted by Gasteiger charge is -2.30. The summed E-state index contributed by atoms with van der Waals surface area (Å²) in [6.45, 7) is 3.37. The van der Waals surface area contributed by atoms with Gasteiger partial charge in [0.05, 0.1) is 18.8 Å². The van der Waals surface area contributed by atoms with Crippen molar-refractivity contribution in [2.75, 3.05) is 13.2 Å². The van der Waals surface area contributed by atoms with E-state index in [9.17, 15) is 26.3 Å². The average molecular weight is 526 g/mol. The van der Waals surface area contributed by atoms with Gasteiger partial charge in [0.1, 0.15) is 5.75 Å². The number of alkyl halides is 2. The van der Waals surface area contributed by atoms with Gasteiger partial charge < -0.3 is 18.9 Å². The van der Waals surface area contributed by atoms with Gasteiger partial charge in [0, 0.05) is 29.5 Å². The van der Waals surface area contributed by atoms with Crippen LogP contribution in [0.1, 0.15) is 36.8 Å². The number of halogens is 6. The van der Waals surface area contributed by atoms with Gasteiger partial charge in [-0.15, -0.1) is 0 Å². The fourth-order valence-electron chi connectivity index (χ4n) is 3.97. The fraction of sp³-hybridized carbons (Fsp3) is 0.333. The van der Waals surface area contributed by atoms with Crippen LogP contribution in [0.3, 0.4) is 0 Å². The highest BCUT2D eigenvalue weighted by molar-refractivity contribution is 5.38. The van der Waals surface area contributed by atoms with Gasteiger partial charge >= 0.3 is 12.2 Å². The zero-order valence-electron chi connectivity index (χ0n) is 19.7. The van der Waals surface area contributed by atoms with Crippen molar-refractivity contribution in [2.24, 2.45) is 5.92 Å². The molecule has 0 bridgehead atoms. The summed E-state index contributed by atoms with van der Waals surface area (Å²) in [5.74, 6) is -4.63. The van der Waals surface area contributed by atoms with Gasteiger partial charge in [-0.2, -0.15) is 17.6 Å². The van der Waals surface area contributed by atoms with E-state index in [1.54, 1.807) is 0 Å². The maximum Gasteiger partial charge on any atom is 0.426 e. The Balaban J connectivity index is 1.39. The summed E-state index contributed by atoms with van der Waals surface area (Å²) < 4.78 is 102. The smallest absolute Gasteiger partial charge is 0.426 e. The Bertz CT molecular complexity index is 1160. The van der Waals surface area contributed by atoms with Crippen LogP contribution in [0.4, 0.5) is 26.3 Å². The third-order valence-corrected chi connectivity index (χ3v) is 6.10. The van der Waals surface area contributed by atoms with Crippen LogP contribution in [0.5, 0.6) is 11.5 Å². The second-order valence-corrected chi connectivity index (χ2v) is 8.66. The second kappa shape index (κ2) is 11.4. The van der Waals surface area contributed by atoms with Crippen LogP contribution in [0.25, 0.3) is 0 Å². The molecule has 198 valence electrons. The summed E-state index contributed by atoms with van der Waals surface area (Å²) in [5.41, 5.74) is 1.17. The second-order valence-electron chi connectivity index (χ2n) is 8.66. The molecule has 1 saturated heterocycles. The molecule has 4 nitrogen and oxygen atoms in total. The summed E-state index contributed by atoms with van der Waals surface area (Å²) in [6.07, 6.45) is 0.652. The van der Waals surface area contributed by atoms with E-state index in [1.807, 2.05) is 18.2 Å². The average Bonchev–Trinajstić information content (AvgIpc) is 2.88. The van der Waals surface area contributed by atoms with E-state index in [0.29, 0.717) is 37.7 Å². The minimum absolute atomic E-state index is 0.0433. The van der Waals surface area contributed by atoms with Crippen molar-refractivity contribution in [3.63, 3.8) is 0 Å². The molecule has 1 unspecified atom stereocenters. The van der Waals surface area contributed by atoms with E-state index in [-0.39, 0.29) is 12.2 Å². The van der Waals surface area contributed by atoms with Gasteiger partial charge in [-0.1, -0.05) is 37.3 Å². The Kier molecular flexibility index (Phi) is 8.29. The zero-order chi connectivity index (χ0) is 26.6. The molecule has 2 aliphatic rings. The molecule has 4 rings (SSSR count). The Morgan fingerprint density at radius 1 is 1.05 bits per heavy atom. The molecular formula is C27H24F6O4. The molecule has 0 radical (unpaired) electrons. The number of allylic oxidation sites excluding steroid dienone is 2. The first kappa shape index (κ1) is 26.8. The fourth-order valence-corrected chi connectivity index (χ4v) is 3.97. The van der Waals surface area contributed by atoms with Gasteiger partial charge in [0.25, 0.3) is 0 Å². The Morgan fingerprint density at radius 2 is 1.70 bits per heavy atom. The molecule has 1 heterocycles. The number of rotatable bonds is 8. The van der Waals surface area contributed by atoms with E-state index >= 15 is 0 Å². The number of ether oxygens (including phenoxy) is 4. The molecule has 1 fully saturated rings. The molecule has 1 atom stereocenters. The topological polar surface area (TPSA) is 36.9 Å². The van der Waals surface area contributed by atoms with Crippen LogP contribution >= 0.6 is 0 Å². The Labute approximate surface area is 209 Å². The van der Waals surface area contributed by atoms with Crippen molar-refractivity contribution in [1.82, 2.24) is 0 Å². The van der Waals surface area contributed by atoms with Gasteiger partial charge in [-0.05, 0) is 30.5 Å². The molecule has 0 N–H and O–H groups in total. The first-order chi connectivity index (χ1) is 17.7. The van der Waals surface area contributed by atoms with Crippen molar-refractivity contribution >= 4 is 0 Å². The highest BCUT2D eigenvalue weighted by Gasteiger charge is 2.35. The molecule has 2 aromatic carbocycles. The summed E-state index contributed by atoms with van der Waals surface area (Å²) in [6, 6.07) is 6.22. The van der Waals surface area contributed by atoms with Crippen molar-refractivity contribution in [1.29, 1.82) is 0 Å². The maximum atomic E-state index is 14.7. The minimum atomic E-state index is -3.92. The van der Waals surface area contributed by atoms with Crippen molar-refractivity contribution in [3.8, 4) is 11.5 Å². The van der Waals surface area contributed by atoms with Crippen LogP contribution in [-0.4, -0.2) is 19.5 Å². The third-order valence-electron chi connectivity index (χ3n) is 6.10. The summed E-state index contributed by atoms with van der Waals surface area (Å²) in [5, 5.41) is 0. The predicted molar refractivity (Wildman–Crippen MR) is 122 cm³/mol. The van der Waals surface area contributed by atoms with E-state index in [2.05, 4.69) is 16.4 Å². The lowest BCUT2D eigenvalue weighted by Crippen LogP contribution is -2.33. The van der Waals surface area contributed by atoms with Crippen LogP contribution < -0.4 is 9.47 Å². The Morgan fingerprint density at radius 3 is 2.24 bits per heavy atom. The quantitative estimate of drug-likeness (QED) is 0.263. The van der Waals surface area contributed by atoms with Gasteiger partial charge in [0.15, 0.2) is 29.9 Å². The molecule has 2 aromatic rings. The zero-order valence-corrected chi connectivity index (χ0v) is 19.7. The lowest BCUT2D eigenvalue weighted by molar-refractivity contribution is -0.185. The molecule has 10 heteroatoms. The summed E-state index contributed by atoms with van der Waals surface area (Å²) >= 11 is 0. The SMILES string of the molecule is CCC1COC(C2=CCC(c3ccc(C(F)(F)Oc4cc(F)c(OC=C(F)F)c(F)c4)cc3)C=C2)OC1. The standard InChI is InChI=1S/C27H24F6O4/c1-2-16-13-35-26(36-14-16)19-5-3-17(4-6-19)18-7-9-20(10-8-18)27(32,33)37-21-11-22(28)25(23(29)12-21)34-15-24(30)31/h3,5-12,15-17,26H,2,4,13-14H2,1H3. The van der Waals surface area contributed by atoms with E-state index < -0.39 is 47.2 Å². The highest BCUT2D eigenvalue weighted by atomic mass is 19.3. The summed E-state index contributed by atoms with van der Waals surface area (Å²) in [7, 11) is 0. The maximum absolute atomic E-state index is 14.7. The molecule has 0 saturated carbocycles. The largest absolute Gasteiger partial charge is 0.453 e. The van der Waals surface area contributed by atoms with Crippen LogP contribution in [0, 0.1) is 17.6 Å². The minimum Gasteiger partial charge on any atom is -0.453 e. The molecule has 37 heavy (non-hydrogen) atoms. The molecule has 1 aliphatic heterocycles. The van der Waals surface area contributed by atoms with Gasteiger partial charge in [0.2, 0.25) is 0 Å². The first-order valence-electron chi connectivity index (χ1n) is 11.6. The van der Waals surface area contributed by atoms with Crippen LogP contribution in [0.2, 0.25) is 0 Å². The molecule has 1 aliphatic carbocycles. The third kappa shape index (κ3) is 6.56. The number of hydrogen-bond acceptors (Lipinski definition) is 4. The van der Waals surface area contributed by atoms with Crippen LogP contribution in [-0.2, 0) is 15.6 Å². The lowest BCUT2D eigenvalue weighted by atomic mass is 9.89. The molecular weight excluding hydrogens is 502 g/mol. The monoisotopic (exact) mass is 526 g/mol.